The number of epoxide rings is 1. The summed E-state index contributed by atoms with van der Waals surface area (Å²) in [7, 11) is 1.71. The van der Waals surface area contributed by atoms with Gasteiger partial charge in [-0.2, -0.15) is 12.6 Å². The minimum Gasteiger partial charge on any atom is -0.476 e. The fourth-order valence-corrected chi connectivity index (χ4v) is 8.08. The normalized spacial score (nSPS) is 38.3. The van der Waals surface area contributed by atoms with Gasteiger partial charge in [0.2, 0.25) is 5.91 Å². The summed E-state index contributed by atoms with van der Waals surface area (Å²) >= 11 is 11.2. The SMILES string of the molecule is C=C1N[C@]2(O)C[C@H](O1)[C@@H](C)[C@@H]1O[C@@]1(C)[C@@H](OC(=O)C1CCC(CS)CC1)CC(=O)N(C)c1cc(cc(C)c1Cl)C/C(C)=C/C=C/[C@H]2C. The summed E-state index contributed by atoms with van der Waals surface area (Å²) in [5.74, 6) is 0.392. The Balaban J connectivity index is 1.50. The van der Waals surface area contributed by atoms with E-state index in [4.69, 9.17) is 25.8 Å². The third kappa shape index (κ3) is 7.74. The highest BCUT2D eigenvalue weighted by Crippen LogP contribution is 2.50. The number of benzene rings is 1. The lowest BCUT2D eigenvalue weighted by Crippen LogP contribution is -2.57. The molecule has 1 saturated carbocycles. The summed E-state index contributed by atoms with van der Waals surface area (Å²) < 4.78 is 18.8. The molecule has 1 aromatic carbocycles. The number of halogens is 1. The maximum absolute atomic E-state index is 14.0. The van der Waals surface area contributed by atoms with E-state index >= 15 is 0 Å². The van der Waals surface area contributed by atoms with E-state index < -0.39 is 23.5 Å². The van der Waals surface area contributed by atoms with Gasteiger partial charge in [0.15, 0.2) is 5.88 Å². The second-order valence-electron chi connectivity index (χ2n) is 14.5. The third-order valence-electron chi connectivity index (χ3n) is 10.9. The fourth-order valence-electron chi connectivity index (χ4n) is 7.47. The number of fused-ring (bicyclic) bond motifs is 5. The van der Waals surface area contributed by atoms with Gasteiger partial charge >= 0.3 is 5.97 Å². The Bertz CT molecular complexity index is 1440. The highest BCUT2D eigenvalue weighted by molar-refractivity contribution is 7.80. The van der Waals surface area contributed by atoms with Gasteiger partial charge in [-0.3, -0.25) is 9.59 Å². The van der Waals surface area contributed by atoms with Crippen LogP contribution in [0.15, 0.2) is 48.4 Å². The maximum Gasteiger partial charge on any atom is 0.309 e. The lowest BCUT2D eigenvalue weighted by Gasteiger charge is -2.44. The molecule has 2 N–H and O–H groups in total. The molecule has 10 heteroatoms. The van der Waals surface area contributed by atoms with Crippen molar-refractivity contribution in [3.63, 3.8) is 0 Å². The van der Waals surface area contributed by atoms with Crippen molar-refractivity contribution in [2.75, 3.05) is 17.7 Å². The van der Waals surface area contributed by atoms with Gasteiger partial charge in [0.05, 0.1) is 29.2 Å². The van der Waals surface area contributed by atoms with Crippen LogP contribution in [0.3, 0.4) is 0 Å². The van der Waals surface area contributed by atoms with Gasteiger partial charge in [-0.15, -0.1) is 0 Å². The number of nitrogens with zero attached hydrogens (tertiary/aromatic N) is 1. The van der Waals surface area contributed by atoms with Crippen LogP contribution in [-0.2, 0) is 30.2 Å². The van der Waals surface area contributed by atoms with Crippen LogP contribution in [0.25, 0.3) is 0 Å². The number of esters is 1. The molecule has 1 aliphatic carbocycles. The van der Waals surface area contributed by atoms with Crippen molar-refractivity contribution in [3.8, 4) is 0 Å². The first-order valence-electron chi connectivity index (χ1n) is 16.9. The lowest BCUT2D eigenvalue weighted by atomic mass is 9.81. The Kier molecular flexibility index (Phi) is 10.8. The summed E-state index contributed by atoms with van der Waals surface area (Å²) in [4.78, 5) is 29.2. The molecule has 4 aliphatic rings. The summed E-state index contributed by atoms with van der Waals surface area (Å²) in [6.45, 7) is 13.9. The number of carbonyl (C=O) groups is 2. The van der Waals surface area contributed by atoms with E-state index in [1.54, 1.807) is 11.9 Å². The Hall–Kier alpha value is -2.46. The zero-order chi connectivity index (χ0) is 34.3. The molecule has 8 nitrogen and oxygen atoms in total. The van der Waals surface area contributed by atoms with Crippen LogP contribution in [0, 0.1) is 30.6 Å². The summed E-state index contributed by atoms with van der Waals surface area (Å²) in [6, 6.07) is 3.99. The topological polar surface area (TPSA) is 101 Å². The van der Waals surface area contributed by atoms with Crippen molar-refractivity contribution in [2.24, 2.45) is 23.7 Å². The van der Waals surface area contributed by atoms with Crippen molar-refractivity contribution < 1.29 is 28.9 Å². The minimum atomic E-state index is -1.29. The van der Waals surface area contributed by atoms with E-state index in [-0.39, 0.29) is 42.2 Å². The molecule has 1 aromatic rings. The van der Waals surface area contributed by atoms with Gasteiger partial charge in [-0.25, -0.2) is 0 Å². The predicted molar refractivity (Wildman–Crippen MR) is 188 cm³/mol. The number of aryl methyl sites for hydroxylation is 1. The molecule has 47 heavy (non-hydrogen) atoms. The molecule has 0 spiro atoms. The van der Waals surface area contributed by atoms with Gasteiger partial charge < -0.3 is 29.5 Å². The summed E-state index contributed by atoms with van der Waals surface area (Å²) in [5, 5.41) is 15.4. The van der Waals surface area contributed by atoms with Crippen LogP contribution in [0.2, 0.25) is 5.02 Å². The Morgan fingerprint density at radius 3 is 2.62 bits per heavy atom. The van der Waals surface area contributed by atoms with E-state index in [0.29, 0.717) is 35.4 Å². The molecule has 0 unspecified atom stereocenters. The average molecular weight is 687 g/mol. The number of hydrogen-bond donors (Lipinski definition) is 3. The lowest BCUT2D eigenvalue weighted by molar-refractivity contribution is -0.160. The maximum atomic E-state index is 14.0. The second kappa shape index (κ2) is 14.2. The molecule has 1 amide bonds. The quantitative estimate of drug-likeness (QED) is 0.185. The summed E-state index contributed by atoms with van der Waals surface area (Å²) in [5.41, 5.74) is 1.38. The van der Waals surface area contributed by atoms with Gasteiger partial charge in [0.1, 0.15) is 23.5 Å². The van der Waals surface area contributed by atoms with E-state index in [2.05, 4.69) is 24.5 Å². The molecular weight excluding hydrogens is 636 g/mol. The first kappa shape index (κ1) is 35.8. The number of aliphatic hydroxyl groups is 1. The summed E-state index contributed by atoms with van der Waals surface area (Å²) in [6.07, 6.45) is 8.56. The number of thiol groups is 1. The molecule has 3 fully saturated rings. The van der Waals surface area contributed by atoms with Crippen LogP contribution in [-0.4, -0.2) is 59.4 Å². The Labute approximate surface area is 290 Å². The van der Waals surface area contributed by atoms with Gasteiger partial charge in [-0.05, 0) is 88.3 Å². The number of nitrogens with one attached hydrogen (secondary N) is 1. The highest BCUT2D eigenvalue weighted by atomic mass is 35.5. The molecule has 5 rings (SSSR count). The van der Waals surface area contributed by atoms with E-state index in [1.165, 1.54) is 0 Å². The van der Waals surface area contributed by atoms with Crippen LogP contribution >= 0.6 is 24.2 Å². The van der Waals surface area contributed by atoms with Crippen molar-refractivity contribution >= 4 is 41.8 Å². The van der Waals surface area contributed by atoms with Crippen molar-refractivity contribution in [3.05, 3.63) is 64.5 Å². The highest BCUT2D eigenvalue weighted by Gasteiger charge is 2.64. The first-order chi connectivity index (χ1) is 22.1. The minimum absolute atomic E-state index is 0.0723. The molecule has 258 valence electrons. The third-order valence-corrected chi connectivity index (χ3v) is 11.9. The van der Waals surface area contributed by atoms with Gasteiger partial charge in [-0.1, -0.05) is 55.3 Å². The number of amides is 1. The predicted octanol–water partition coefficient (Wildman–Crippen LogP) is 6.68. The number of carbonyl (C=O) groups excluding carboxylic acids is 2. The molecule has 7 atom stereocenters. The Morgan fingerprint density at radius 1 is 1.23 bits per heavy atom. The smallest absolute Gasteiger partial charge is 0.309 e. The van der Waals surface area contributed by atoms with E-state index in [1.807, 2.05) is 65.0 Å². The van der Waals surface area contributed by atoms with Crippen LogP contribution in [0.1, 0.15) is 77.3 Å². The fraction of sp³-hybridized carbons (Fsp3) is 0.622. The second-order valence-corrected chi connectivity index (χ2v) is 15.2. The number of rotatable bonds is 3. The zero-order valence-corrected chi connectivity index (χ0v) is 30.2. The average Bonchev–Trinajstić information content (AvgIpc) is 3.72. The molecule has 0 aromatic heterocycles. The Morgan fingerprint density at radius 2 is 1.94 bits per heavy atom. The first-order valence-corrected chi connectivity index (χ1v) is 17.9. The van der Waals surface area contributed by atoms with E-state index in [9.17, 15) is 14.7 Å². The number of hydrogen-bond acceptors (Lipinski definition) is 8. The molecule has 2 saturated heterocycles. The molecule has 0 radical (unpaired) electrons. The van der Waals surface area contributed by atoms with Crippen LogP contribution < -0.4 is 10.2 Å². The van der Waals surface area contributed by atoms with Crippen molar-refractivity contribution in [1.82, 2.24) is 5.32 Å². The number of allylic oxidation sites excluding steroid dienone is 3. The van der Waals surface area contributed by atoms with Crippen molar-refractivity contribution in [1.29, 1.82) is 0 Å². The van der Waals surface area contributed by atoms with Gasteiger partial charge in [0.25, 0.3) is 0 Å². The van der Waals surface area contributed by atoms with Crippen molar-refractivity contribution in [2.45, 2.75) is 109 Å². The van der Waals surface area contributed by atoms with Gasteiger partial charge in [0, 0.05) is 25.3 Å². The van der Waals surface area contributed by atoms with Crippen LogP contribution in [0.5, 0.6) is 0 Å². The number of ether oxygens (including phenoxy) is 3. The largest absolute Gasteiger partial charge is 0.476 e. The monoisotopic (exact) mass is 686 g/mol. The molecule has 3 aliphatic heterocycles. The van der Waals surface area contributed by atoms with Crippen LogP contribution in [0.4, 0.5) is 5.69 Å². The zero-order valence-electron chi connectivity index (χ0n) is 28.6. The number of anilines is 1. The molecular formula is C37H51ClN2O6S. The molecule has 3 heterocycles. The standard InChI is InChI=1S/C37H51ClN2O6S/c1-21-9-8-10-23(3)37(43)19-30(44-25(5)39-37)24(4)34-36(6,46-34)31(45-35(42)28-13-11-26(20-47)12-14-28)18-32(41)40(7)29-17-27(15-21)16-22(2)33(29)38/h8-10,16-17,23-24,26,28,30-31,34,39,43,47H,5,11-15,18-20H2,1-4,6-7H3/b10-8+,21-9+/t23-,24-,26?,28?,30+,31+,34+,36+,37+/m1/s1. The molecule has 4 bridgehead atoms. The van der Waals surface area contributed by atoms with E-state index in [0.717, 1.165) is 48.1 Å².